The van der Waals surface area contributed by atoms with E-state index in [2.05, 4.69) is 10.3 Å². The number of aromatic nitrogens is 3. The van der Waals surface area contributed by atoms with Crippen LogP contribution in [0.25, 0.3) is 16.7 Å². The maximum atomic E-state index is 11.2. The van der Waals surface area contributed by atoms with Gasteiger partial charge in [-0.2, -0.15) is 0 Å². The molecule has 100 valence electrons. The molecule has 1 heterocycles. The Morgan fingerprint density at radius 1 is 1.25 bits per heavy atom. The number of nitro groups is 1. The number of rotatable bonds is 3. The molecule has 0 atom stereocenters. The van der Waals surface area contributed by atoms with Gasteiger partial charge in [-0.3, -0.25) is 10.1 Å². The average Bonchev–Trinajstić information content (AvgIpc) is 2.90. The van der Waals surface area contributed by atoms with Crippen molar-refractivity contribution in [1.29, 1.82) is 0 Å². The first kappa shape index (κ1) is 12.6. The highest BCUT2D eigenvalue weighted by Crippen LogP contribution is 2.26. The molecule has 0 radical (unpaired) electrons. The number of hydrogen-bond acceptors (Lipinski definition) is 4. The van der Waals surface area contributed by atoms with Crippen LogP contribution in [-0.2, 0) is 5.88 Å². The largest absolute Gasteiger partial charge is 0.295 e. The molecule has 0 aliphatic carbocycles. The number of benzene rings is 2. The Morgan fingerprint density at radius 3 is 2.80 bits per heavy atom. The van der Waals surface area contributed by atoms with E-state index in [1.165, 1.54) is 10.7 Å². The van der Waals surface area contributed by atoms with Gasteiger partial charge in [0.15, 0.2) is 0 Å². The van der Waals surface area contributed by atoms with Crippen LogP contribution in [0.2, 0.25) is 0 Å². The molecule has 0 amide bonds. The van der Waals surface area contributed by atoms with Gasteiger partial charge in [0.2, 0.25) is 0 Å². The summed E-state index contributed by atoms with van der Waals surface area (Å²) in [7, 11) is 0. The molecule has 0 unspecified atom stereocenters. The molecule has 3 rings (SSSR count). The summed E-state index contributed by atoms with van der Waals surface area (Å²) in [4.78, 5) is 10.8. The van der Waals surface area contributed by atoms with Crippen molar-refractivity contribution in [3.8, 4) is 5.69 Å². The number of nitro benzene ring substituents is 1. The zero-order valence-corrected chi connectivity index (χ0v) is 11.0. The number of fused-ring (bicyclic) bond motifs is 1. The van der Waals surface area contributed by atoms with Crippen LogP contribution in [0, 0.1) is 10.1 Å². The fraction of sp³-hybridized carbons (Fsp3) is 0.0769. The molecule has 0 N–H and O–H groups in total. The first-order chi connectivity index (χ1) is 9.70. The number of para-hydroxylation sites is 1. The van der Waals surface area contributed by atoms with Crippen LogP contribution in [0.15, 0.2) is 42.5 Å². The molecular formula is C13H9ClN4O2. The minimum atomic E-state index is -0.443. The first-order valence-electron chi connectivity index (χ1n) is 5.85. The maximum absolute atomic E-state index is 11.2. The highest BCUT2D eigenvalue weighted by Gasteiger charge is 2.18. The van der Waals surface area contributed by atoms with Gasteiger partial charge in [-0.25, -0.2) is 4.68 Å². The van der Waals surface area contributed by atoms with E-state index in [1.54, 1.807) is 18.2 Å². The monoisotopic (exact) mass is 288 g/mol. The highest BCUT2D eigenvalue weighted by molar-refractivity contribution is 6.17. The van der Waals surface area contributed by atoms with E-state index in [9.17, 15) is 10.1 Å². The van der Waals surface area contributed by atoms with Gasteiger partial charge in [-0.1, -0.05) is 23.4 Å². The predicted molar refractivity (Wildman–Crippen MR) is 75.1 cm³/mol. The summed E-state index contributed by atoms with van der Waals surface area (Å²) in [6.07, 6.45) is 0. The lowest BCUT2D eigenvalue weighted by Gasteiger charge is -2.05. The summed E-state index contributed by atoms with van der Waals surface area (Å²) < 4.78 is 1.46. The molecule has 1 aromatic heterocycles. The third-order valence-corrected chi connectivity index (χ3v) is 3.28. The molecule has 3 aromatic rings. The van der Waals surface area contributed by atoms with Gasteiger partial charge in [-0.15, -0.1) is 16.7 Å². The molecule has 20 heavy (non-hydrogen) atoms. The van der Waals surface area contributed by atoms with Crippen LogP contribution in [0.1, 0.15) is 5.56 Å². The molecule has 0 fully saturated rings. The predicted octanol–water partition coefficient (Wildman–Crippen LogP) is 3.07. The van der Waals surface area contributed by atoms with E-state index >= 15 is 0 Å². The Kier molecular flexibility index (Phi) is 3.08. The summed E-state index contributed by atoms with van der Waals surface area (Å²) in [6, 6.07) is 12.1. The van der Waals surface area contributed by atoms with E-state index in [0.717, 1.165) is 0 Å². The van der Waals surface area contributed by atoms with Crippen LogP contribution in [0.5, 0.6) is 0 Å². The molecule has 0 aliphatic rings. The topological polar surface area (TPSA) is 73.8 Å². The number of alkyl halides is 1. The number of nitrogens with zero attached hydrogens (tertiary/aromatic N) is 4. The van der Waals surface area contributed by atoms with Crippen LogP contribution in [0.3, 0.4) is 0 Å². The minimum absolute atomic E-state index is 0.0428. The third kappa shape index (κ3) is 2.00. The fourth-order valence-electron chi connectivity index (χ4n) is 2.02. The van der Waals surface area contributed by atoms with Gasteiger partial charge in [0.1, 0.15) is 11.2 Å². The van der Waals surface area contributed by atoms with E-state index in [4.69, 9.17) is 11.6 Å². The highest BCUT2D eigenvalue weighted by atomic mass is 35.5. The smallest absolute Gasteiger partial charge is 0.258 e. The normalized spacial score (nSPS) is 10.8. The van der Waals surface area contributed by atoms with Crippen molar-refractivity contribution < 1.29 is 4.92 Å². The Balaban J connectivity index is 2.26. The van der Waals surface area contributed by atoms with Crippen molar-refractivity contribution in [3.63, 3.8) is 0 Å². The SMILES string of the molecule is O=[N+]([O-])c1cc(CCl)ccc1-n1nnc2ccccc21. The molecular weight excluding hydrogens is 280 g/mol. The number of hydrogen-bond donors (Lipinski definition) is 0. The van der Waals surface area contributed by atoms with Crippen LogP contribution < -0.4 is 0 Å². The van der Waals surface area contributed by atoms with Gasteiger partial charge < -0.3 is 0 Å². The summed E-state index contributed by atoms with van der Waals surface area (Å²) in [5, 5.41) is 19.2. The molecule has 0 saturated heterocycles. The van der Waals surface area contributed by atoms with Crippen molar-refractivity contribution in [2.75, 3.05) is 0 Å². The van der Waals surface area contributed by atoms with Gasteiger partial charge in [0.05, 0.1) is 10.4 Å². The zero-order valence-electron chi connectivity index (χ0n) is 10.2. The molecule has 6 nitrogen and oxygen atoms in total. The molecule has 0 saturated carbocycles. The van der Waals surface area contributed by atoms with E-state index in [1.807, 2.05) is 18.2 Å². The molecule has 7 heteroatoms. The van der Waals surface area contributed by atoms with E-state index in [-0.39, 0.29) is 11.6 Å². The summed E-state index contributed by atoms with van der Waals surface area (Å²) in [6.45, 7) is 0. The van der Waals surface area contributed by atoms with Crippen molar-refractivity contribution in [1.82, 2.24) is 15.0 Å². The Bertz CT molecular complexity index is 800. The van der Waals surface area contributed by atoms with Crippen LogP contribution >= 0.6 is 11.6 Å². The lowest BCUT2D eigenvalue weighted by molar-refractivity contribution is -0.384. The van der Waals surface area contributed by atoms with Gasteiger partial charge in [0, 0.05) is 11.9 Å². The second-order valence-corrected chi connectivity index (χ2v) is 4.47. The first-order valence-corrected chi connectivity index (χ1v) is 6.38. The summed E-state index contributed by atoms with van der Waals surface area (Å²) >= 11 is 5.72. The molecule has 0 spiro atoms. The fourth-order valence-corrected chi connectivity index (χ4v) is 2.19. The molecule has 0 aliphatic heterocycles. The Morgan fingerprint density at radius 2 is 2.05 bits per heavy atom. The van der Waals surface area contributed by atoms with Gasteiger partial charge in [0.25, 0.3) is 5.69 Å². The van der Waals surface area contributed by atoms with Gasteiger partial charge >= 0.3 is 0 Å². The van der Waals surface area contributed by atoms with Crippen molar-refractivity contribution in [2.24, 2.45) is 0 Å². The Hall–Kier alpha value is -2.47. The second-order valence-electron chi connectivity index (χ2n) is 4.20. The van der Waals surface area contributed by atoms with Crippen molar-refractivity contribution in [3.05, 3.63) is 58.1 Å². The van der Waals surface area contributed by atoms with Crippen molar-refractivity contribution >= 4 is 28.3 Å². The third-order valence-electron chi connectivity index (χ3n) is 2.97. The van der Waals surface area contributed by atoms with E-state index < -0.39 is 4.92 Å². The average molecular weight is 289 g/mol. The zero-order chi connectivity index (χ0) is 14.1. The molecule has 0 bridgehead atoms. The lowest BCUT2D eigenvalue weighted by atomic mass is 10.2. The maximum Gasteiger partial charge on any atom is 0.295 e. The summed E-state index contributed by atoms with van der Waals surface area (Å²) in [5.74, 6) is 0.221. The standard InChI is InChI=1S/C13H9ClN4O2/c14-8-9-5-6-12(13(7-9)18(19)20)17-11-4-2-1-3-10(11)15-16-17/h1-7H,8H2. The van der Waals surface area contributed by atoms with Crippen molar-refractivity contribution in [2.45, 2.75) is 5.88 Å². The van der Waals surface area contributed by atoms with Crippen LogP contribution in [-0.4, -0.2) is 19.9 Å². The van der Waals surface area contributed by atoms with Gasteiger partial charge in [-0.05, 0) is 23.8 Å². The Labute approximate surface area is 118 Å². The summed E-state index contributed by atoms with van der Waals surface area (Å²) in [5.41, 5.74) is 2.42. The molecule has 2 aromatic carbocycles. The lowest BCUT2D eigenvalue weighted by Crippen LogP contribution is -2.02. The van der Waals surface area contributed by atoms with E-state index in [0.29, 0.717) is 22.3 Å². The number of halogens is 1. The quantitative estimate of drug-likeness (QED) is 0.422. The minimum Gasteiger partial charge on any atom is -0.258 e. The second kappa shape index (κ2) is 4.90. The van der Waals surface area contributed by atoms with Crippen LogP contribution in [0.4, 0.5) is 5.69 Å².